The maximum Gasteiger partial charge on any atom is 0.329 e. The minimum absolute atomic E-state index is 0.00463. The molecular formula is C41H67N7O7. The number of hydrogen-bond acceptors (Lipinski definition) is 9. The highest BCUT2D eigenvalue weighted by Crippen LogP contribution is 2.29. The standard InChI is InChI=1S/C41H67N7O7/c1-25(2)32(24-33(49)43-21-19-29-16-12-13-20-42-29)55-41(54)31-18-15-23-48(31)38(51)30-17-14-22-47(30)40(53)36(28(7)8)46(11)39(52)34(26(3)4)44-37(50)35(27(5)6)45(9)10/h12-13,16,20,25-28,30-32,34-36H,14-15,17-19,21-24H2,1-11H3,(H,43,49)(H,44,50). The zero-order valence-electron chi connectivity index (χ0n) is 35.0. The van der Waals surface area contributed by atoms with Crippen LogP contribution in [0.25, 0.3) is 0 Å². The van der Waals surface area contributed by atoms with Crippen molar-refractivity contribution in [3.05, 3.63) is 30.1 Å². The Bertz CT molecular complexity index is 1460. The van der Waals surface area contributed by atoms with Crippen molar-refractivity contribution in [3.63, 3.8) is 0 Å². The van der Waals surface area contributed by atoms with Gasteiger partial charge in [-0.15, -0.1) is 0 Å². The molecule has 0 radical (unpaired) electrons. The van der Waals surface area contributed by atoms with Crippen molar-refractivity contribution in [1.82, 2.24) is 35.2 Å². The number of nitrogens with zero attached hydrogens (tertiary/aromatic N) is 5. The highest BCUT2D eigenvalue weighted by atomic mass is 16.5. The number of hydrogen-bond donors (Lipinski definition) is 2. The Morgan fingerprint density at radius 2 is 1.44 bits per heavy atom. The molecule has 2 N–H and O–H groups in total. The zero-order chi connectivity index (χ0) is 41.1. The highest BCUT2D eigenvalue weighted by molar-refractivity contribution is 5.96. The minimum Gasteiger partial charge on any atom is -0.460 e. The van der Waals surface area contributed by atoms with E-state index in [4.69, 9.17) is 4.74 Å². The van der Waals surface area contributed by atoms with E-state index in [-0.39, 0.29) is 59.6 Å². The van der Waals surface area contributed by atoms with E-state index >= 15 is 0 Å². The first-order valence-corrected chi connectivity index (χ1v) is 20.1. The summed E-state index contributed by atoms with van der Waals surface area (Å²) in [6.07, 6.45) is 3.66. The molecule has 3 heterocycles. The summed E-state index contributed by atoms with van der Waals surface area (Å²) in [6.45, 7) is 16.2. The van der Waals surface area contributed by atoms with Gasteiger partial charge in [0.1, 0.15) is 30.3 Å². The van der Waals surface area contributed by atoms with Gasteiger partial charge in [-0.25, -0.2) is 4.79 Å². The molecule has 14 nitrogen and oxygen atoms in total. The third-order valence-electron chi connectivity index (χ3n) is 10.8. The predicted octanol–water partition coefficient (Wildman–Crippen LogP) is 2.89. The summed E-state index contributed by atoms with van der Waals surface area (Å²) >= 11 is 0. The van der Waals surface area contributed by atoms with E-state index < -0.39 is 42.3 Å². The molecule has 0 aromatic carbocycles. The SMILES string of the molecule is CC(C)C(CC(=O)NCCc1ccccn1)OC(=O)C1CCCN1C(=O)C1CCCN1C(=O)C(C(C)C)N(C)C(=O)C(NC(=O)C(C(C)C)N(C)C)C(C)C. The fraction of sp³-hybridized carbons (Fsp3) is 0.732. The maximum absolute atomic E-state index is 14.4. The first-order chi connectivity index (χ1) is 25.9. The molecule has 0 aliphatic carbocycles. The van der Waals surface area contributed by atoms with Gasteiger partial charge < -0.3 is 30.1 Å². The summed E-state index contributed by atoms with van der Waals surface area (Å²) < 4.78 is 5.92. The second-order valence-electron chi connectivity index (χ2n) is 16.7. The number of amides is 5. The first-order valence-electron chi connectivity index (χ1n) is 20.1. The van der Waals surface area contributed by atoms with Crippen LogP contribution in [0.4, 0.5) is 0 Å². The van der Waals surface area contributed by atoms with Gasteiger partial charge in [0.05, 0.1) is 12.5 Å². The molecular weight excluding hydrogens is 702 g/mol. The Hall–Kier alpha value is -4.07. The van der Waals surface area contributed by atoms with E-state index in [1.54, 1.807) is 18.1 Å². The first kappa shape index (κ1) is 45.3. The summed E-state index contributed by atoms with van der Waals surface area (Å²) in [7, 11) is 5.24. The quantitative estimate of drug-likeness (QED) is 0.214. The molecule has 308 valence electrons. The van der Waals surface area contributed by atoms with E-state index in [1.807, 2.05) is 92.6 Å². The summed E-state index contributed by atoms with van der Waals surface area (Å²) in [5.74, 6) is -2.73. The van der Waals surface area contributed by atoms with Gasteiger partial charge in [0.25, 0.3) is 0 Å². The maximum atomic E-state index is 14.4. The van der Waals surface area contributed by atoms with E-state index in [1.165, 1.54) is 9.80 Å². The van der Waals surface area contributed by atoms with E-state index in [2.05, 4.69) is 15.6 Å². The predicted molar refractivity (Wildman–Crippen MR) is 210 cm³/mol. The lowest BCUT2D eigenvalue weighted by Crippen LogP contribution is -2.61. The number of carbonyl (C=O) groups is 6. The van der Waals surface area contributed by atoms with E-state index in [0.717, 1.165) is 5.69 Å². The molecule has 0 spiro atoms. The number of likely N-dealkylation sites (N-methyl/N-ethyl adjacent to an activating group) is 2. The Labute approximate surface area is 328 Å². The number of carbonyl (C=O) groups excluding carboxylic acids is 6. The summed E-state index contributed by atoms with van der Waals surface area (Å²) in [5.41, 5.74) is 0.865. The van der Waals surface area contributed by atoms with Crippen molar-refractivity contribution >= 4 is 35.5 Å². The van der Waals surface area contributed by atoms with Gasteiger partial charge in [0.2, 0.25) is 29.5 Å². The number of aromatic nitrogens is 1. The lowest BCUT2D eigenvalue weighted by Gasteiger charge is -2.38. The molecule has 5 amide bonds. The van der Waals surface area contributed by atoms with Gasteiger partial charge in [0.15, 0.2) is 0 Å². The average Bonchev–Trinajstić information content (AvgIpc) is 3.81. The number of likely N-dealkylation sites (tertiary alicyclic amines) is 2. The number of esters is 1. The van der Waals surface area contributed by atoms with Crippen LogP contribution in [0, 0.1) is 23.7 Å². The van der Waals surface area contributed by atoms with E-state index in [0.29, 0.717) is 51.7 Å². The third-order valence-corrected chi connectivity index (χ3v) is 10.8. The van der Waals surface area contributed by atoms with Crippen LogP contribution >= 0.6 is 0 Å². The van der Waals surface area contributed by atoms with Crippen molar-refractivity contribution in [2.24, 2.45) is 23.7 Å². The van der Waals surface area contributed by atoms with Crippen LogP contribution in [0.2, 0.25) is 0 Å². The molecule has 2 aliphatic heterocycles. The lowest BCUT2D eigenvalue weighted by molar-refractivity contribution is -0.162. The molecule has 6 unspecified atom stereocenters. The summed E-state index contributed by atoms with van der Waals surface area (Å²) in [6, 6.07) is 1.84. The molecule has 0 bridgehead atoms. The van der Waals surface area contributed by atoms with Gasteiger partial charge in [-0.1, -0.05) is 61.5 Å². The summed E-state index contributed by atoms with van der Waals surface area (Å²) in [4.78, 5) is 93.1. The van der Waals surface area contributed by atoms with Gasteiger partial charge in [-0.3, -0.25) is 33.9 Å². The van der Waals surface area contributed by atoms with Crippen LogP contribution in [-0.2, 0) is 39.9 Å². The Balaban J connectivity index is 1.70. The molecule has 2 saturated heterocycles. The topological polar surface area (TPSA) is 162 Å². The molecule has 2 aliphatic rings. The van der Waals surface area contributed by atoms with Crippen molar-refractivity contribution in [2.75, 3.05) is 40.8 Å². The smallest absolute Gasteiger partial charge is 0.329 e. The number of ether oxygens (including phenoxy) is 1. The Kier molecular flexibility index (Phi) is 17.1. The summed E-state index contributed by atoms with van der Waals surface area (Å²) in [5, 5.41) is 5.85. The second-order valence-corrected chi connectivity index (χ2v) is 16.7. The third kappa shape index (κ3) is 12.0. The van der Waals surface area contributed by atoms with Gasteiger partial charge >= 0.3 is 5.97 Å². The lowest BCUT2D eigenvalue weighted by atomic mass is 9.96. The average molecular weight is 770 g/mol. The van der Waals surface area contributed by atoms with Crippen molar-refractivity contribution in [2.45, 2.75) is 130 Å². The molecule has 1 aromatic heterocycles. The van der Waals surface area contributed by atoms with Crippen molar-refractivity contribution in [1.29, 1.82) is 0 Å². The van der Waals surface area contributed by atoms with Gasteiger partial charge in [-0.05, 0) is 75.6 Å². The molecule has 1 aromatic rings. The van der Waals surface area contributed by atoms with Crippen LogP contribution in [0.3, 0.4) is 0 Å². The molecule has 55 heavy (non-hydrogen) atoms. The Morgan fingerprint density at radius 3 is 1.98 bits per heavy atom. The fourth-order valence-corrected chi connectivity index (χ4v) is 7.84. The Morgan fingerprint density at radius 1 is 0.818 bits per heavy atom. The van der Waals surface area contributed by atoms with E-state index in [9.17, 15) is 28.8 Å². The molecule has 6 atom stereocenters. The van der Waals surface area contributed by atoms with Gasteiger partial charge in [0, 0.05) is 45.0 Å². The fourth-order valence-electron chi connectivity index (χ4n) is 7.84. The van der Waals surface area contributed by atoms with Crippen LogP contribution < -0.4 is 10.6 Å². The van der Waals surface area contributed by atoms with Gasteiger partial charge in [-0.2, -0.15) is 0 Å². The van der Waals surface area contributed by atoms with Crippen LogP contribution in [-0.4, -0.2) is 137 Å². The van der Waals surface area contributed by atoms with Crippen LogP contribution in [0.1, 0.15) is 93.2 Å². The molecule has 3 rings (SSSR count). The number of rotatable bonds is 18. The molecule has 2 fully saturated rings. The monoisotopic (exact) mass is 770 g/mol. The largest absolute Gasteiger partial charge is 0.460 e. The number of pyridine rings is 1. The van der Waals surface area contributed by atoms with Crippen molar-refractivity contribution < 1.29 is 33.5 Å². The molecule has 14 heteroatoms. The zero-order valence-corrected chi connectivity index (χ0v) is 35.0. The number of nitrogens with one attached hydrogen (secondary N) is 2. The molecule has 0 saturated carbocycles. The van der Waals surface area contributed by atoms with Crippen LogP contribution in [0.5, 0.6) is 0 Å². The normalized spacial score (nSPS) is 19.5. The second kappa shape index (κ2) is 20.7. The van der Waals surface area contributed by atoms with Crippen molar-refractivity contribution in [3.8, 4) is 0 Å². The minimum atomic E-state index is -0.880. The highest BCUT2D eigenvalue weighted by Gasteiger charge is 2.46. The van der Waals surface area contributed by atoms with Crippen LogP contribution in [0.15, 0.2) is 24.4 Å².